The Labute approximate surface area is 151 Å². The molecule has 4 heteroatoms. The number of halogens is 1. The van der Waals surface area contributed by atoms with E-state index in [1.807, 2.05) is 77.6 Å². The van der Waals surface area contributed by atoms with Crippen LogP contribution in [0, 0.1) is 0 Å². The first-order valence-corrected chi connectivity index (χ1v) is 8.23. The minimum atomic E-state index is -0.907. The van der Waals surface area contributed by atoms with Crippen molar-refractivity contribution in [1.82, 2.24) is 0 Å². The first kappa shape index (κ1) is 16.9. The summed E-state index contributed by atoms with van der Waals surface area (Å²) in [7, 11) is 0. The van der Waals surface area contributed by atoms with E-state index in [1.165, 1.54) is 0 Å². The quantitative estimate of drug-likeness (QED) is 0.686. The van der Waals surface area contributed by atoms with E-state index >= 15 is 0 Å². The third-order valence-corrected chi connectivity index (χ3v) is 4.03. The van der Waals surface area contributed by atoms with Crippen molar-refractivity contribution in [2.24, 2.45) is 0 Å². The number of hydrogen-bond donors (Lipinski definition) is 1. The lowest BCUT2D eigenvalue weighted by Crippen LogP contribution is -2.33. The lowest BCUT2D eigenvalue weighted by Gasteiger charge is -2.00. The van der Waals surface area contributed by atoms with Crippen LogP contribution < -0.4 is 4.57 Å². The van der Waals surface area contributed by atoms with Gasteiger partial charge in [-0.15, -0.1) is 0 Å². The molecule has 0 aliphatic rings. The van der Waals surface area contributed by atoms with Crippen LogP contribution in [0.4, 0.5) is 0 Å². The number of nitrogens with zero attached hydrogens (tertiary/aromatic N) is 1. The standard InChI is InChI=1S/C21H16ClNO2/c22-20-3-1-2-17(14-20)5-4-16-10-12-23(13-11-16)15-18-6-8-19(9-7-18)21(24)25/h1-14H,15H2/p+1/b5-4-. The first-order valence-electron chi connectivity index (χ1n) is 7.85. The number of carbonyl (C=O) groups is 1. The second-order valence-corrected chi connectivity index (χ2v) is 6.13. The van der Waals surface area contributed by atoms with Gasteiger partial charge in [-0.3, -0.25) is 0 Å². The lowest BCUT2D eigenvalue weighted by molar-refractivity contribution is -0.688. The van der Waals surface area contributed by atoms with Gasteiger partial charge in [-0.25, -0.2) is 9.36 Å². The highest BCUT2D eigenvalue weighted by Gasteiger charge is 2.05. The van der Waals surface area contributed by atoms with Crippen molar-refractivity contribution in [2.75, 3.05) is 0 Å². The summed E-state index contributed by atoms with van der Waals surface area (Å²) in [5, 5.41) is 9.65. The van der Waals surface area contributed by atoms with Crippen molar-refractivity contribution in [2.45, 2.75) is 6.54 Å². The van der Waals surface area contributed by atoms with Crippen LogP contribution in [0.3, 0.4) is 0 Å². The highest BCUT2D eigenvalue weighted by Crippen LogP contribution is 2.13. The Morgan fingerprint density at radius 3 is 2.28 bits per heavy atom. The van der Waals surface area contributed by atoms with Crippen LogP contribution in [0.2, 0.25) is 5.02 Å². The zero-order valence-electron chi connectivity index (χ0n) is 13.5. The molecule has 0 atom stereocenters. The number of rotatable bonds is 5. The Hall–Kier alpha value is -2.91. The van der Waals surface area contributed by atoms with Gasteiger partial charge >= 0.3 is 5.97 Å². The number of aromatic carboxylic acids is 1. The topological polar surface area (TPSA) is 41.2 Å². The molecule has 1 heterocycles. The molecule has 0 spiro atoms. The van der Waals surface area contributed by atoms with E-state index in [9.17, 15) is 4.79 Å². The molecule has 25 heavy (non-hydrogen) atoms. The molecule has 3 rings (SSSR count). The number of aromatic nitrogens is 1. The Morgan fingerprint density at radius 1 is 0.960 bits per heavy atom. The fourth-order valence-corrected chi connectivity index (χ4v) is 2.65. The number of pyridine rings is 1. The molecule has 0 amide bonds. The zero-order chi connectivity index (χ0) is 17.6. The van der Waals surface area contributed by atoms with Gasteiger partial charge < -0.3 is 5.11 Å². The number of carboxylic acids is 1. The van der Waals surface area contributed by atoms with Crippen LogP contribution in [-0.4, -0.2) is 11.1 Å². The molecule has 3 aromatic rings. The van der Waals surface area contributed by atoms with Crippen molar-refractivity contribution in [3.63, 3.8) is 0 Å². The Bertz CT molecular complexity index is 900. The van der Waals surface area contributed by atoms with Crippen LogP contribution in [0.25, 0.3) is 12.2 Å². The second kappa shape index (κ2) is 7.77. The number of benzene rings is 2. The van der Waals surface area contributed by atoms with Gasteiger partial charge in [0.15, 0.2) is 18.9 Å². The number of carboxylic acid groups (broad SMARTS) is 1. The van der Waals surface area contributed by atoms with Crippen molar-refractivity contribution < 1.29 is 14.5 Å². The highest BCUT2D eigenvalue weighted by molar-refractivity contribution is 6.30. The summed E-state index contributed by atoms with van der Waals surface area (Å²) in [6.07, 6.45) is 8.07. The van der Waals surface area contributed by atoms with Gasteiger partial charge in [0.2, 0.25) is 0 Å². The fourth-order valence-electron chi connectivity index (χ4n) is 2.45. The number of hydrogen-bond acceptors (Lipinski definition) is 1. The van der Waals surface area contributed by atoms with Crippen LogP contribution >= 0.6 is 11.6 Å². The largest absolute Gasteiger partial charge is 0.478 e. The zero-order valence-corrected chi connectivity index (χ0v) is 14.2. The van der Waals surface area contributed by atoms with Gasteiger partial charge in [-0.1, -0.05) is 48.0 Å². The molecule has 1 aromatic heterocycles. The summed E-state index contributed by atoms with van der Waals surface area (Å²) in [5.41, 5.74) is 3.51. The minimum absolute atomic E-state index is 0.301. The summed E-state index contributed by atoms with van der Waals surface area (Å²) in [6.45, 7) is 0.693. The maximum atomic E-state index is 10.9. The van der Waals surface area contributed by atoms with E-state index in [2.05, 4.69) is 0 Å². The van der Waals surface area contributed by atoms with E-state index in [4.69, 9.17) is 16.7 Å². The molecule has 0 unspecified atom stereocenters. The van der Waals surface area contributed by atoms with Gasteiger partial charge in [0.05, 0.1) is 5.56 Å². The first-order chi connectivity index (χ1) is 12.1. The van der Waals surface area contributed by atoms with Crippen LogP contribution in [0.5, 0.6) is 0 Å². The average Bonchev–Trinajstić information content (AvgIpc) is 2.62. The van der Waals surface area contributed by atoms with Crippen molar-refractivity contribution >= 4 is 29.7 Å². The molecule has 0 fully saturated rings. The summed E-state index contributed by atoms with van der Waals surface area (Å²) in [4.78, 5) is 10.9. The summed E-state index contributed by atoms with van der Waals surface area (Å²) < 4.78 is 2.05. The third-order valence-electron chi connectivity index (χ3n) is 3.80. The fraction of sp³-hybridized carbons (Fsp3) is 0.0476. The van der Waals surface area contributed by atoms with E-state index < -0.39 is 5.97 Å². The predicted molar refractivity (Wildman–Crippen MR) is 99.5 cm³/mol. The molecule has 0 aliphatic carbocycles. The molecule has 124 valence electrons. The summed E-state index contributed by atoms with van der Waals surface area (Å²) in [6, 6.07) is 18.7. The molecule has 2 aromatic carbocycles. The third kappa shape index (κ3) is 4.78. The molecule has 0 aliphatic heterocycles. The Morgan fingerprint density at radius 2 is 1.64 bits per heavy atom. The maximum Gasteiger partial charge on any atom is 0.335 e. The predicted octanol–water partition coefficient (Wildman–Crippen LogP) is 4.54. The van der Waals surface area contributed by atoms with Crippen molar-refractivity contribution in [3.05, 3.63) is 100 Å². The van der Waals surface area contributed by atoms with E-state index in [-0.39, 0.29) is 0 Å². The molecule has 0 saturated carbocycles. The molecular weight excluding hydrogens is 334 g/mol. The molecule has 0 bridgehead atoms. The SMILES string of the molecule is O=C(O)c1ccc(C[n+]2ccc(/C=C\c3cccc(Cl)c3)cc2)cc1. The second-order valence-electron chi connectivity index (χ2n) is 5.69. The highest BCUT2D eigenvalue weighted by atomic mass is 35.5. The summed E-state index contributed by atoms with van der Waals surface area (Å²) in [5.74, 6) is -0.907. The van der Waals surface area contributed by atoms with Gasteiger partial charge in [-0.2, -0.15) is 0 Å². The van der Waals surface area contributed by atoms with E-state index in [0.717, 1.165) is 21.7 Å². The van der Waals surface area contributed by atoms with Gasteiger partial charge in [0, 0.05) is 22.7 Å². The molecule has 1 N–H and O–H groups in total. The van der Waals surface area contributed by atoms with Crippen molar-refractivity contribution in [3.8, 4) is 0 Å². The minimum Gasteiger partial charge on any atom is -0.478 e. The lowest BCUT2D eigenvalue weighted by atomic mass is 10.1. The molecular formula is C21H17ClNO2+. The smallest absolute Gasteiger partial charge is 0.335 e. The Kier molecular flexibility index (Phi) is 5.26. The molecule has 3 nitrogen and oxygen atoms in total. The Balaban J connectivity index is 1.66. The normalized spacial score (nSPS) is 10.9. The summed E-state index contributed by atoms with van der Waals surface area (Å²) >= 11 is 5.98. The van der Waals surface area contributed by atoms with Crippen LogP contribution in [0.15, 0.2) is 73.1 Å². The van der Waals surface area contributed by atoms with E-state index in [0.29, 0.717) is 12.1 Å². The van der Waals surface area contributed by atoms with Crippen molar-refractivity contribution in [1.29, 1.82) is 0 Å². The van der Waals surface area contributed by atoms with Gasteiger partial charge in [0.25, 0.3) is 0 Å². The van der Waals surface area contributed by atoms with Crippen LogP contribution in [-0.2, 0) is 6.54 Å². The maximum absolute atomic E-state index is 10.9. The molecule has 0 radical (unpaired) electrons. The molecule has 0 saturated heterocycles. The van der Waals surface area contributed by atoms with E-state index in [1.54, 1.807) is 12.1 Å². The average molecular weight is 351 g/mol. The van der Waals surface area contributed by atoms with Crippen LogP contribution in [0.1, 0.15) is 27.0 Å². The monoisotopic (exact) mass is 350 g/mol. The van der Waals surface area contributed by atoms with Gasteiger partial charge in [0.1, 0.15) is 0 Å². The van der Waals surface area contributed by atoms with Gasteiger partial charge in [-0.05, 0) is 35.4 Å².